The molecule has 0 fully saturated rings. The van der Waals surface area contributed by atoms with Gasteiger partial charge in [0.1, 0.15) is 0 Å². The maximum atomic E-state index is 10.8. The van der Waals surface area contributed by atoms with Crippen LogP contribution in [0, 0.1) is 0 Å². The second-order valence-corrected chi connectivity index (χ2v) is 3.13. The average molecular weight is 191 g/mol. The molecule has 0 aliphatic rings. The topological polar surface area (TPSA) is 63.3 Å². The Labute approximate surface area is 82.9 Å². The lowest BCUT2D eigenvalue weighted by atomic mass is 10.0. The van der Waals surface area contributed by atoms with E-state index < -0.39 is 5.97 Å². The zero-order valence-electron chi connectivity index (χ0n) is 8.03. The van der Waals surface area contributed by atoms with Crippen LogP contribution < -0.4 is 5.73 Å². The van der Waals surface area contributed by atoms with Gasteiger partial charge in [0.15, 0.2) is 0 Å². The Kier molecular flexibility index (Phi) is 3.29. The molecule has 0 atom stereocenters. The molecule has 74 valence electrons. The Morgan fingerprint density at radius 3 is 2.36 bits per heavy atom. The molecule has 14 heavy (non-hydrogen) atoms. The second-order valence-electron chi connectivity index (χ2n) is 3.13. The monoisotopic (exact) mass is 191 g/mol. The van der Waals surface area contributed by atoms with Gasteiger partial charge in [0.2, 0.25) is 0 Å². The van der Waals surface area contributed by atoms with Gasteiger partial charge in [-0.1, -0.05) is 30.3 Å². The lowest BCUT2D eigenvalue weighted by Crippen LogP contribution is -2.10. The Morgan fingerprint density at radius 2 is 1.93 bits per heavy atom. The lowest BCUT2D eigenvalue weighted by Gasteiger charge is -2.04. The van der Waals surface area contributed by atoms with Crippen molar-refractivity contribution in [1.29, 1.82) is 0 Å². The Balaban J connectivity index is 2.87. The summed E-state index contributed by atoms with van der Waals surface area (Å²) in [5.41, 5.74) is 7.06. The summed E-state index contributed by atoms with van der Waals surface area (Å²) < 4.78 is 0. The molecule has 0 unspecified atom stereocenters. The van der Waals surface area contributed by atoms with Crippen LogP contribution in [0.5, 0.6) is 0 Å². The first kappa shape index (κ1) is 10.3. The van der Waals surface area contributed by atoms with E-state index in [2.05, 4.69) is 0 Å². The zero-order valence-corrected chi connectivity index (χ0v) is 8.03. The van der Waals surface area contributed by atoms with E-state index in [0.717, 1.165) is 5.56 Å². The van der Waals surface area contributed by atoms with Crippen molar-refractivity contribution in [2.75, 3.05) is 0 Å². The second kappa shape index (κ2) is 4.46. The fraction of sp³-hybridized carbons (Fsp3) is 0.182. The first-order valence-corrected chi connectivity index (χ1v) is 4.33. The SMILES string of the molecule is C/C(N)=C(\Cc1ccccc1)C(=O)O. The molecule has 1 rings (SSSR count). The molecule has 0 aliphatic heterocycles. The van der Waals surface area contributed by atoms with Gasteiger partial charge >= 0.3 is 5.97 Å². The number of carbonyl (C=O) groups is 1. The van der Waals surface area contributed by atoms with Crippen LogP contribution in [0.25, 0.3) is 0 Å². The average Bonchev–Trinajstić information content (AvgIpc) is 2.15. The molecule has 0 aromatic heterocycles. The van der Waals surface area contributed by atoms with E-state index in [1.54, 1.807) is 6.92 Å². The first-order valence-electron chi connectivity index (χ1n) is 4.33. The number of rotatable bonds is 3. The van der Waals surface area contributed by atoms with E-state index in [4.69, 9.17) is 10.8 Å². The molecule has 0 radical (unpaired) electrons. The molecule has 1 aromatic carbocycles. The predicted octanol–water partition coefficient (Wildman–Crippen LogP) is 1.55. The highest BCUT2D eigenvalue weighted by molar-refractivity contribution is 5.87. The zero-order chi connectivity index (χ0) is 10.6. The fourth-order valence-corrected chi connectivity index (χ4v) is 1.18. The highest BCUT2D eigenvalue weighted by Gasteiger charge is 2.10. The van der Waals surface area contributed by atoms with Gasteiger partial charge in [0, 0.05) is 12.1 Å². The molecule has 0 saturated heterocycles. The van der Waals surface area contributed by atoms with E-state index in [-0.39, 0.29) is 5.57 Å². The third-order valence-electron chi connectivity index (χ3n) is 1.96. The van der Waals surface area contributed by atoms with Gasteiger partial charge in [-0.05, 0) is 12.5 Å². The quantitative estimate of drug-likeness (QED) is 0.712. The van der Waals surface area contributed by atoms with Crippen molar-refractivity contribution in [2.45, 2.75) is 13.3 Å². The Morgan fingerprint density at radius 1 is 1.36 bits per heavy atom. The molecule has 0 bridgehead atoms. The van der Waals surface area contributed by atoms with Crippen LogP contribution in [0.4, 0.5) is 0 Å². The predicted molar refractivity (Wildman–Crippen MR) is 54.7 cm³/mol. The summed E-state index contributed by atoms with van der Waals surface area (Å²) in [6, 6.07) is 9.40. The van der Waals surface area contributed by atoms with Gasteiger partial charge in [0.25, 0.3) is 0 Å². The summed E-state index contributed by atoms with van der Waals surface area (Å²) in [4.78, 5) is 10.8. The number of hydrogen-bond acceptors (Lipinski definition) is 2. The van der Waals surface area contributed by atoms with E-state index in [0.29, 0.717) is 12.1 Å². The van der Waals surface area contributed by atoms with Gasteiger partial charge in [0.05, 0.1) is 5.57 Å². The van der Waals surface area contributed by atoms with Crippen LogP contribution in [0.15, 0.2) is 41.6 Å². The van der Waals surface area contributed by atoms with Crippen molar-refractivity contribution in [3.8, 4) is 0 Å². The number of allylic oxidation sites excluding steroid dienone is 1. The number of hydrogen-bond donors (Lipinski definition) is 2. The molecular formula is C11H13NO2. The highest BCUT2D eigenvalue weighted by atomic mass is 16.4. The smallest absolute Gasteiger partial charge is 0.333 e. The van der Waals surface area contributed by atoms with Crippen molar-refractivity contribution in [3.63, 3.8) is 0 Å². The fourth-order valence-electron chi connectivity index (χ4n) is 1.18. The molecule has 3 nitrogen and oxygen atoms in total. The molecule has 3 N–H and O–H groups in total. The molecule has 3 heteroatoms. The summed E-state index contributed by atoms with van der Waals surface area (Å²) in [5, 5.41) is 8.87. The summed E-state index contributed by atoms with van der Waals surface area (Å²) in [5.74, 6) is -0.950. The van der Waals surface area contributed by atoms with Crippen molar-refractivity contribution >= 4 is 5.97 Å². The van der Waals surface area contributed by atoms with Gasteiger partial charge < -0.3 is 10.8 Å². The molecule has 1 aromatic rings. The minimum absolute atomic E-state index is 0.260. The van der Waals surface area contributed by atoms with Crippen LogP contribution in [-0.4, -0.2) is 11.1 Å². The number of aliphatic carboxylic acids is 1. The third kappa shape index (κ3) is 2.62. The van der Waals surface area contributed by atoms with Crippen molar-refractivity contribution in [3.05, 3.63) is 47.2 Å². The van der Waals surface area contributed by atoms with Crippen molar-refractivity contribution < 1.29 is 9.90 Å². The first-order chi connectivity index (χ1) is 6.61. The van der Waals surface area contributed by atoms with Gasteiger partial charge in [-0.15, -0.1) is 0 Å². The van der Waals surface area contributed by atoms with Crippen LogP contribution in [0.3, 0.4) is 0 Å². The number of carboxylic acid groups (broad SMARTS) is 1. The number of nitrogens with two attached hydrogens (primary N) is 1. The summed E-state index contributed by atoms with van der Waals surface area (Å²) in [6.07, 6.45) is 0.374. The van der Waals surface area contributed by atoms with Gasteiger partial charge in [-0.3, -0.25) is 0 Å². The molecule has 0 amide bonds. The summed E-state index contributed by atoms with van der Waals surface area (Å²) in [6.45, 7) is 1.60. The van der Waals surface area contributed by atoms with E-state index in [1.165, 1.54) is 0 Å². The van der Waals surface area contributed by atoms with E-state index in [1.807, 2.05) is 30.3 Å². The van der Waals surface area contributed by atoms with Crippen LogP contribution in [-0.2, 0) is 11.2 Å². The number of carboxylic acids is 1. The summed E-state index contributed by atoms with van der Waals surface area (Å²) >= 11 is 0. The largest absolute Gasteiger partial charge is 0.478 e. The van der Waals surface area contributed by atoms with Crippen LogP contribution in [0.2, 0.25) is 0 Å². The molecule has 0 spiro atoms. The standard InChI is InChI=1S/C11H13NO2/c1-8(12)10(11(13)14)7-9-5-3-2-4-6-9/h2-6H,7,12H2,1H3,(H,13,14)/b10-8-. The van der Waals surface area contributed by atoms with Crippen LogP contribution in [0.1, 0.15) is 12.5 Å². The normalized spacial score (nSPS) is 12.1. The summed E-state index contributed by atoms with van der Waals surface area (Å²) in [7, 11) is 0. The maximum Gasteiger partial charge on any atom is 0.333 e. The molecule has 0 aliphatic carbocycles. The third-order valence-corrected chi connectivity index (χ3v) is 1.96. The Bertz CT molecular complexity index is 351. The molecule has 0 heterocycles. The molecular weight excluding hydrogens is 178 g/mol. The van der Waals surface area contributed by atoms with Crippen molar-refractivity contribution in [2.24, 2.45) is 5.73 Å². The number of benzene rings is 1. The van der Waals surface area contributed by atoms with E-state index in [9.17, 15) is 4.79 Å². The van der Waals surface area contributed by atoms with Gasteiger partial charge in [-0.2, -0.15) is 0 Å². The maximum absolute atomic E-state index is 10.8. The van der Waals surface area contributed by atoms with Crippen LogP contribution >= 0.6 is 0 Å². The van der Waals surface area contributed by atoms with Gasteiger partial charge in [-0.25, -0.2) is 4.79 Å². The lowest BCUT2D eigenvalue weighted by molar-refractivity contribution is -0.132. The Hall–Kier alpha value is -1.77. The van der Waals surface area contributed by atoms with E-state index >= 15 is 0 Å². The van der Waals surface area contributed by atoms with Crippen molar-refractivity contribution in [1.82, 2.24) is 0 Å². The highest BCUT2D eigenvalue weighted by Crippen LogP contribution is 2.09. The molecule has 0 saturated carbocycles. The minimum atomic E-state index is -0.950. The minimum Gasteiger partial charge on any atom is -0.478 e.